The van der Waals surface area contributed by atoms with Gasteiger partial charge in [-0.3, -0.25) is 4.79 Å². The Kier molecular flexibility index (Phi) is 10.9. The number of benzene rings is 2. The molecule has 0 amide bonds. The molecule has 3 N–H and O–H groups in total. The van der Waals surface area contributed by atoms with Crippen LogP contribution in [-0.2, 0) is 27.8 Å². The monoisotopic (exact) mass is 420 g/mol. The van der Waals surface area contributed by atoms with Crippen LogP contribution >= 0.6 is 0 Å². The minimum Gasteiger partial charge on any atom is -0.480 e. The van der Waals surface area contributed by atoms with Crippen LogP contribution in [0.15, 0.2) is 59.6 Å². The second kappa shape index (κ2) is 12.0. The summed E-state index contributed by atoms with van der Waals surface area (Å²) in [5.41, 5.74) is 3.21. The normalized spacial score (nSPS) is 10.1. The van der Waals surface area contributed by atoms with Crippen molar-refractivity contribution in [2.45, 2.75) is 53.0 Å². The number of sulfonamides is 1. The average Bonchev–Trinajstić information content (AvgIpc) is 3.01. The number of carboxylic acids is 1. The molecular weight excluding hydrogens is 388 g/mol. The molecule has 0 aliphatic carbocycles. The van der Waals surface area contributed by atoms with Crippen molar-refractivity contribution in [3.8, 4) is 0 Å². The highest BCUT2D eigenvalue weighted by molar-refractivity contribution is 7.89. The van der Waals surface area contributed by atoms with Gasteiger partial charge in [-0.05, 0) is 37.1 Å². The SMILES string of the molecule is C.CC.CCc1cn(CC(=O)O)c2ccccc12.Cc1ccc(S(N)(=O)=O)cc1. The largest absolute Gasteiger partial charge is 0.480 e. The first-order valence-electron chi connectivity index (χ1n) is 9.10. The van der Waals surface area contributed by atoms with Crippen LogP contribution < -0.4 is 5.14 Å². The molecule has 3 aromatic rings. The van der Waals surface area contributed by atoms with Gasteiger partial charge >= 0.3 is 5.97 Å². The third kappa shape index (κ3) is 7.71. The van der Waals surface area contributed by atoms with Gasteiger partial charge in [0.05, 0.1) is 4.90 Å². The van der Waals surface area contributed by atoms with Gasteiger partial charge in [0.2, 0.25) is 10.0 Å². The highest BCUT2D eigenvalue weighted by Crippen LogP contribution is 2.21. The topological polar surface area (TPSA) is 102 Å². The van der Waals surface area contributed by atoms with Crippen molar-refractivity contribution >= 4 is 26.9 Å². The maximum absolute atomic E-state index is 10.7. The summed E-state index contributed by atoms with van der Waals surface area (Å²) in [5.74, 6) is -0.807. The van der Waals surface area contributed by atoms with Crippen molar-refractivity contribution in [1.29, 1.82) is 0 Å². The first kappa shape index (κ1) is 26.4. The number of fused-ring (bicyclic) bond motifs is 1. The van der Waals surface area contributed by atoms with Crippen LogP contribution in [0, 0.1) is 6.92 Å². The fourth-order valence-electron chi connectivity index (χ4n) is 2.61. The van der Waals surface area contributed by atoms with E-state index in [9.17, 15) is 13.2 Å². The Labute approximate surface area is 174 Å². The van der Waals surface area contributed by atoms with Gasteiger partial charge in [0.25, 0.3) is 0 Å². The Hall–Kier alpha value is -2.64. The Balaban J connectivity index is 0.000000501. The molecule has 3 rings (SSSR count). The van der Waals surface area contributed by atoms with E-state index in [1.165, 1.54) is 17.7 Å². The van der Waals surface area contributed by atoms with Crippen LogP contribution in [0.2, 0.25) is 0 Å². The van der Waals surface area contributed by atoms with Crippen molar-refractivity contribution in [3.05, 3.63) is 65.9 Å². The van der Waals surface area contributed by atoms with E-state index in [0.717, 1.165) is 22.9 Å². The smallest absolute Gasteiger partial charge is 0.323 e. The minimum atomic E-state index is -3.52. The van der Waals surface area contributed by atoms with E-state index in [-0.39, 0.29) is 18.9 Å². The van der Waals surface area contributed by atoms with E-state index in [1.807, 2.05) is 51.2 Å². The fourth-order valence-corrected chi connectivity index (χ4v) is 3.12. The molecule has 7 heteroatoms. The molecular formula is C22H32N2O4S. The maximum Gasteiger partial charge on any atom is 0.323 e. The lowest BCUT2D eigenvalue weighted by Crippen LogP contribution is -2.11. The molecule has 29 heavy (non-hydrogen) atoms. The lowest BCUT2D eigenvalue weighted by molar-refractivity contribution is -0.137. The molecule has 0 fully saturated rings. The first-order valence-corrected chi connectivity index (χ1v) is 10.6. The summed E-state index contributed by atoms with van der Waals surface area (Å²) in [5, 5.41) is 14.8. The molecule has 0 atom stereocenters. The number of carbonyl (C=O) groups is 1. The third-order valence-corrected chi connectivity index (χ3v) is 4.84. The second-order valence-corrected chi connectivity index (χ2v) is 7.47. The maximum atomic E-state index is 10.7. The van der Waals surface area contributed by atoms with Gasteiger partial charge in [-0.25, -0.2) is 13.6 Å². The van der Waals surface area contributed by atoms with E-state index in [4.69, 9.17) is 10.2 Å². The fraction of sp³-hybridized carbons (Fsp3) is 0.318. The molecule has 0 aliphatic rings. The van der Waals surface area contributed by atoms with Crippen LogP contribution in [-0.4, -0.2) is 24.1 Å². The highest BCUT2D eigenvalue weighted by Gasteiger charge is 2.08. The number of aromatic nitrogens is 1. The molecule has 6 nitrogen and oxygen atoms in total. The number of aryl methyl sites for hydroxylation is 2. The number of rotatable bonds is 4. The van der Waals surface area contributed by atoms with E-state index >= 15 is 0 Å². The third-order valence-electron chi connectivity index (χ3n) is 3.91. The Morgan fingerprint density at radius 3 is 2.10 bits per heavy atom. The van der Waals surface area contributed by atoms with Gasteiger partial charge in [-0.2, -0.15) is 0 Å². The number of nitrogens with two attached hydrogens (primary N) is 1. The molecule has 1 heterocycles. The van der Waals surface area contributed by atoms with Gasteiger partial charge in [0, 0.05) is 17.1 Å². The van der Waals surface area contributed by atoms with Crippen LogP contribution in [0.1, 0.15) is 39.3 Å². The predicted octanol–water partition coefficient (Wildman–Crippen LogP) is 4.59. The van der Waals surface area contributed by atoms with Crippen LogP contribution in [0.3, 0.4) is 0 Å². The molecule has 2 aromatic carbocycles. The minimum absolute atomic E-state index is 0. The molecule has 1 aromatic heterocycles. The summed E-state index contributed by atoms with van der Waals surface area (Å²) in [6.07, 6.45) is 2.85. The molecule has 0 radical (unpaired) electrons. The molecule has 0 unspecified atom stereocenters. The van der Waals surface area contributed by atoms with Crippen molar-refractivity contribution in [1.82, 2.24) is 4.57 Å². The average molecular weight is 421 g/mol. The Morgan fingerprint density at radius 1 is 1.07 bits per heavy atom. The molecule has 0 saturated carbocycles. The molecule has 0 aliphatic heterocycles. The number of hydrogen-bond acceptors (Lipinski definition) is 3. The van der Waals surface area contributed by atoms with E-state index in [0.29, 0.717) is 0 Å². The van der Waals surface area contributed by atoms with Crippen molar-refractivity contribution in [3.63, 3.8) is 0 Å². The Bertz CT molecular complexity index is 1010. The van der Waals surface area contributed by atoms with Crippen LogP contribution in [0.5, 0.6) is 0 Å². The summed E-state index contributed by atoms with van der Waals surface area (Å²) in [6.45, 7) is 7.99. The number of nitrogens with zero attached hydrogens (tertiary/aromatic N) is 1. The van der Waals surface area contributed by atoms with Gasteiger partial charge in [0.1, 0.15) is 6.54 Å². The summed E-state index contributed by atoms with van der Waals surface area (Å²) < 4.78 is 23.2. The summed E-state index contributed by atoms with van der Waals surface area (Å²) >= 11 is 0. The van der Waals surface area contributed by atoms with Crippen molar-refractivity contribution in [2.75, 3.05) is 0 Å². The zero-order valence-corrected chi connectivity index (χ0v) is 17.5. The van der Waals surface area contributed by atoms with Gasteiger partial charge < -0.3 is 9.67 Å². The molecule has 0 saturated heterocycles. The lowest BCUT2D eigenvalue weighted by atomic mass is 10.1. The predicted molar refractivity (Wildman–Crippen MR) is 120 cm³/mol. The van der Waals surface area contributed by atoms with Crippen molar-refractivity contribution in [2.24, 2.45) is 5.14 Å². The zero-order valence-electron chi connectivity index (χ0n) is 16.7. The van der Waals surface area contributed by atoms with E-state index in [1.54, 1.807) is 16.7 Å². The van der Waals surface area contributed by atoms with E-state index < -0.39 is 16.0 Å². The zero-order chi connectivity index (χ0) is 21.3. The molecule has 0 spiro atoms. The second-order valence-electron chi connectivity index (χ2n) is 5.90. The van der Waals surface area contributed by atoms with Crippen molar-refractivity contribution < 1.29 is 18.3 Å². The van der Waals surface area contributed by atoms with Crippen LogP contribution in [0.4, 0.5) is 0 Å². The number of para-hydroxylation sites is 1. The van der Waals surface area contributed by atoms with Gasteiger partial charge in [-0.1, -0.05) is 64.1 Å². The standard InChI is InChI=1S/C12H13NO2.C7H9NO2S.C2H6.CH4/c1-2-9-7-13(8-12(14)15)11-6-4-3-5-10(9)11;1-6-2-4-7(5-3-6)11(8,9)10;1-2;/h3-7H,2,8H2,1H3,(H,14,15);2-5H,1H3,(H2,8,9,10);1-2H3;1H4. The number of aliphatic carboxylic acids is 1. The molecule has 160 valence electrons. The number of carboxylic acid groups (broad SMARTS) is 1. The first-order chi connectivity index (χ1) is 13.2. The highest BCUT2D eigenvalue weighted by atomic mass is 32.2. The molecule has 0 bridgehead atoms. The summed E-state index contributed by atoms with van der Waals surface area (Å²) in [4.78, 5) is 10.8. The van der Waals surface area contributed by atoms with Crippen LogP contribution in [0.25, 0.3) is 10.9 Å². The van der Waals surface area contributed by atoms with E-state index in [2.05, 4.69) is 6.92 Å². The Morgan fingerprint density at radius 2 is 1.62 bits per heavy atom. The lowest BCUT2D eigenvalue weighted by Gasteiger charge is -1.99. The van der Waals surface area contributed by atoms with Gasteiger partial charge in [-0.15, -0.1) is 0 Å². The number of hydrogen-bond donors (Lipinski definition) is 2. The summed E-state index contributed by atoms with van der Waals surface area (Å²) in [7, 11) is -3.52. The summed E-state index contributed by atoms with van der Waals surface area (Å²) in [6, 6.07) is 14.3. The quantitative estimate of drug-likeness (QED) is 0.644. The van der Waals surface area contributed by atoms with Gasteiger partial charge in [0.15, 0.2) is 0 Å². The number of primary sulfonamides is 1.